The number of carboxylic acids is 1. The van der Waals surface area contributed by atoms with Crippen LogP contribution in [0.3, 0.4) is 0 Å². The first-order valence-electron chi connectivity index (χ1n) is 6.34. The average Bonchev–Trinajstić information content (AvgIpc) is 2.23. The van der Waals surface area contributed by atoms with Crippen molar-refractivity contribution in [1.82, 2.24) is 5.32 Å². The van der Waals surface area contributed by atoms with E-state index < -0.39 is 23.3 Å². The monoisotopic (exact) mass is 240 g/mol. The number of hydrogen-bond acceptors (Lipinski definition) is 3. The van der Waals surface area contributed by atoms with Gasteiger partial charge in [-0.25, -0.2) is 0 Å². The smallest absolute Gasteiger partial charge is 0.306 e. The maximum absolute atomic E-state index is 11.5. The first-order valence-corrected chi connectivity index (χ1v) is 6.34. The normalized spacial score (nSPS) is 34.0. The number of carbonyl (C=O) groups is 2. The second-order valence-electron chi connectivity index (χ2n) is 5.37. The van der Waals surface area contributed by atoms with E-state index in [0.717, 1.165) is 12.8 Å². The fourth-order valence-corrected chi connectivity index (χ4v) is 2.98. The molecule has 0 radical (unpaired) electrons. The molecule has 0 heterocycles. The van der Waals surface area contributed by atoms with Gasteiger partial charge in [0.2, 0.25) is 5.91 Å². The molecule has 0 spiro atoms. The summed E-state index contributed by atoms with van der Waals surface area (Å²) in [5.74, 6) is -1.65. The third-order valence-electron chi connectivity index (χ3n) is 4.10. The predicted molar refractivity (Wildman–Crippen MR) is 62.3 cm³/mol. The fraction of sp³-hybridized carbons (Fsp3) is 0.833. The molecule has 2 fully saturated rings. The van der Waals surface area contributed by atoms with Crippen LogP contribution in [0.4, 0.5) is 0 Å². The summed E-state index contributed by atoms with van der Waals surface area (Å²) in [5.41, 5.74) is 4.66. The Balaban J connectivity index is 1.94. The number of nitrogens with two attached hydrogens (primary N) is 1. The molecule has 0 aromatic heterocycles. The van der Waals surface area contributed by atoms with Crippen LogP contribution < -0.4 is 11.1 Å². The number of rotatable bonds is 4. The third-order valence-corrected chi connectivity index (χ3v) is 4.10. The van der Waals surface area contributed by atoms with Crippen LogP contribution in [0.1, 0.15) is 44.9 Å². The molecule has 0 bridgehead atoms. The Labute approximate surface area is 101 Å². The van der Waals surface area contributed by atoms with Crippen LogP contribution in [0.25, 0.3) is 0 Å². The highest BCUT2D eigenvalue weighted by Crippen LogP contribution is 2.39. The van der Waals surface area contributed by atoms with Crippen molar-refractivity contribution in [3.8, 4) is 0 Å². The lowest BCUT2D eigenvalue weighted by molar-refractivity contribution is -0.151. The number of aliphatic carboxylic acids is 1. The van der Waals surface area contributed by atoms with Gasteiger partial charge in [0.25, 0.3) is 0 Å². The van der Waals surface area contributed by atoms with Gasteiger partial charge in [-0.15, -0.1) is 0 Å². The van der Waals surface area contributed by atoms with Crippen LogP contribution >= 0.6 is 0 Å². The Hall–Kier alpha value is -1.10. The van der Waals surface area contributed by atoms with Crippen molar-refractivity contribution in [3.63, 3.8) is 0 Å². The molecule has 5 heteroatoms. The summed E-state index contributed by atoms with van der Waals surface area (Å²) < 4.78 is 0. The summed E-state index contributed by atoms with van der Waals surface area (Å²) in [4.78, 5) is 22.3. The zero-order valence-corrected chi connectivity index (χ0v) is 9.95. The van der Waals surface area contributed by atoms with E-state index in [0.29, 0.717) is 18.9 Å². The standard InChI is InChI=1S/C12H20N2O3/c13-11(17)12(6-8(7-12)10(15)16)14-9-4-2-1-3-5-9/h8-9,14H,1-7H2,(H2,13,17)(H,15,16). The second-order valence-corrected chi connectivity index (χ2v) is 5.37. The van der Waals surface area contributed by atoms with Crippen LogP contribution in [0.15, 0.2) is 0 Å². The lowest BCUT2D eigenvalue weighted by Crippen LogP contribution is -2.66. The topological polar surface area (TPSA) is 92.4 Å². The van der Waals surface area contributed by atoms with E-state index in [-0.39, 0.29) is 0 Å². The maximum atomic E-state index is 11.5. The number of primary amides is 1. The largest absolute Gasteiger partial charge is 0.481 e. The molecule has 0 aliphatic heterocycles. The van der Waals surface area contributed by atoms with Gasteiger partial charge in [-0.2, -0.15) is 0 Å². The SMILES string of the molecule is NC(=O)C1(NC2CCCCC2)CC(C(=O)O)C1. The van der Waals surface area contributed by atoms with Gasteiger partial charge in [0, 0.05) is 6.04 Å². The molecule has 2 aliphatic rings. The summed E-state index contributed by atoms with van der Waals surface area (Å²) in [6.07, 6.45) is 6.41. The number of hydrogen-bond donors (Lipinski definition) is 3. The summed E-state index contributed by atoms with van der Waals surface area (Å²) in [5, 5.41) is 12.2. The number of amides is 1. The third kappa shape index (κ3) is 2.44. The quantitative estimate of drug-likeness (QED) is 0.672. The Morgan fingerprint density at radius 1 is 1.18 bits per heavy atom. The maximum Gasteiger partial charge on any atom is 0.306 e. The van der Waals surface area contributed by atoms with Crippen LogP contribution in [0.2, 0.25) is 0 Å². The van der Waals surface area contributed by atoms with E-state index >= 15 is 0 Å². The molecular weight excluding hydrogens is 220 g/mol. The van der Waals surface area contributed by atoms with Gasteiger partial charge in [0.15, 0.2) is 0 Å². The van der Waals surface area contributed by atoms with Gasteiger partial charge in [-0.05, 0) is 25.7 Å². The van der Waals surface area contributed by atoms with Crippen LogP contribution in [-0.4, -0.2) is 28.6 Å². The van der Waals surface area contributed by atoms with Gasteiger partial charge < -0.3 is 16.2 Å². The lowest BCUT2D eigenvalue weighted by Gasteiger charge is -2.46. The fourth-order valence-electron chi connectivity index (χ4n) is 2.98. The molecule has 2 rings (SSSR count). The van der Waals surface area contributed by atoms with Gasteiger partial charge in [-0.1, -0.05) is 19.3 Å². The molecule has 0 aromatic rings. The number of carbonyl (C=O) groups excluding carboxylic acids is 1. The van der Waals surface area contributed by atoms with Crippen LogP contribution in [0, 0.1) is 5.92 Å². The van der Waals surface area contributed by atoms with Gasteiger partial charge >= 0.3 is 5.97 Å². The first kappa shape index (κ1) is 12.4. The summed E-state index contributed by atoms with van der Waals surface area (Å²) in [7, 11) is 0. The Morgan fingerprint density at radius 3 is 2.24 bits per heavy atom. The highest BCUT2D eigenvalue weighted by Gasteiger charge is 2.52. The summed E-state index contributed by atoms with van der Waals surface area (Å²) in [6, 6.07) is 0.325. The number of carboxylic acid groups (broad SMARTS) is 1. The Kier molecular flexibility index (Phi) is 3.38. The van der Waals surface area contributed by atoms with E-state index in [1.807, 2.05) is 0 Å². The molecule has 2 saturated carbocycles. The zero-order chi connectivity index (χ0) is 12.5. The van der Waals surface area contributed by atoms with Crippen molar-refractivity contribution in [2.24, 2.45) is 11.7 Å². The highest BCUT2D eigenvalue weighted by atomic mass is 16.4. The highest BCUT2D eigenvalue weighted by molar-refractivity contribution is 5.88. The molecule has 0 aromatic carbocycles. The van der Waals surface area contributed by atoms with Crippen LogP contribution in [-0.2, 0) is 9.59 Å². The van der Waals surface area contributed by atoms with Crippen molar-refractivity contribution in [3.05, 3.63) is 0 Å². The van der Waals surface area contributed by atoms with Gasteiger partial charge in [0.05, 0.1) is 11.5 Å². The predicted octanol–water partition coefficient (Wildman–Crippen LogP) is 0.627. The van der Waals surface area contributed by atoms with Gasteiger partial charge in [-0.3, -0.25) is 9.59 Å². The molecule has 0 atom stereocenters. The molecule has 1 amide bonds. The minimum atomic E-state index is -0.827. The van der Waals surface area contributed by atoms with Gasteiger partial charge in [0.1, 0.15) is 0 Å². The second kappa shape index (κ2) is 4.64. The molecule has 0 saturated heterocycles. The van der Waals surface area contributed by atoms with Crippen molar-refractivity contribution < 1.29 is 14.7 Å². The summed E-state index contributed by atoms with van der Waals surface area (Å²) >= 11 is 0. The Morgan fingerprint density at radius 2 is 1.76 bits per heavy atom. The molecule has 2 aliphatic carbocycles. The lowest BCUT2D eigenvalue weighted by atomic mass is 9.67. The van der Waals surface area contributed by atoms with E-state index in [9.17, 15) is 9.59 Å². The molecule has 96 valence electrons. The molecule has 17 heavy (non-hydrogen) atoms. The number of nitrogens with one attached hydrogen (secondary N) is 1. The minimum Gasteiger partial charge on any atom is -0.481 e. The molecular formula is C12H20N2O3. The van der Waals surface area contributed by atoms with Crippen molar-refractivity contribution in [2.45, 2.75) is 56.5 Å². The van der Waals surface area contributed by atoms with Crippen molar-refractivity contribution in [2.75, 3.05) is 0 Å². The average molecular weight is 240 g/mol. The van der Waals surface area contributed by atoms with Crippen molar-refractivity contribution in [1.29, 1.82) is 0 Å². The van der Waals surface area contributed by atoms with E-state index in [4.69, 9.17) is 10.8 Å². The molecule has 0 unspecified atom stereocenters. The summed E-state index contributed by atoms with van der Waals surface area (Å²) in [6.45, 7) is 0. The zero-order valence-electron chi connectivity index (χ0n) is 9.95. The first-order chi connectivity index (χ1) is 8.03. The molecule has 5 nitrogen and oxygen atoms in total. The van der Waals surface area contributed by atoms with E-state index in [2.05, 4.69) is 5.32 Å². The van der Waals surface area contributed by atoms with Crippen LogP contribution in [0.5, 0.6) is 0 Å². The van der Waals surface area contributed by atoms with Crippen molar-refractivity contribution >= 4 is 11.9 Å². The molecule has 4 N–H and O–H groups in total. The minimum absolute atomic E-state index is 0.325. The Bertz CT molecular complexity index is 318. The van der Waals surface area contributed by atoms with E-state index in [1.54, 1.807) is 0 Å². The van der Waals surface area contributed by atoms with E-state index in [1.165, 1.54) is 19.3 Å².